The van der Waals surface area contributed by atoms with Crippen LogP contribution in [0.2, 0.25) is 0 Å². The highest BCUT2D eigenvalue weighted by molar-refractivity contribution is 7.99. The van der Waals surface area contributed by atoms with Crippen LogP contribution < -0.4 is 16.6 Å². The molecule has 1 amide bonds. The van der Waals surface area contributed by atoms with E-state index in [4.69, 9.17) is 5.84 Å². The fourth-order valence-corrected chi connectivity index (χ4v) is 3.40. The van der Waals surface area contributed by atoms with Gasteiger partial charge in [0.2, 0.25) is 11.1 Å². The minimum atomic E-state index is -0.137. The molecule has 0 aliphatic heterocycles. The highest BCUT2D eigenvalue weighted by atomic mass is 32.2. The molecule has 2 heterocycles. The first-order chi connectivity index (χ1) is 13.0. The Morgan fingerprint density at radius 3 is 3.00 bits per heavy atom. The summed E-state index contributed by atoms with van der Waals surface area (Å²) in [7, 11) is 0. The van der Waals surface area contributed by atoms with Crippen molar-refractivity contribution in [2.45, 2.75) is 19.0 Å². The van der Waals surface area contributed by atoms with Gasteiger partial charge in [0.15, 0.2) is 0 Å². The molecule has 0 saturated carbocycles. The molecule has 0 fully saturated rings. The summed E-state index contributed by atoms with van der Waals surface area (Å²) in [4.78, 5) is 13.2. The number of nitrogens with one attached hydrogen (secondary N) is 2. The maximum atomic E-state index is 12.2. The predicted octanol–water partition coefficient (Wildman–Crippen LogP) is 2.85. The highest BCUT2D eigenvalue weighted by Crippen LogP contribution is 2.19. The molecule has 2 aromatic heterocycles. The summed E-state index contributed by atoms with van der Waals surface area (Å²) < 4.78 is 1.27. The fraction of sp³-hybridized carbons (Fsp3) is 0.176. The number of rotatable bonds is 7. The number of carbonyl (C=O) groups is 1. The molecule has 140 valence electrons. The molecule has 0 saturated heterocycles. The van der Waals surface area contributed by atoms with Crippen LogP contribution in [0.3, 0.4) is 0 Å². The van der Waals surface area contributed by atoms with Gasteiger partial charge in [-0.05, 0) is 42.5 Å². The van der Waals surface area contributed by atoms with Gasteiger partial charge in [-0.15, -0.1) is 21.5 Å². The van der Waals surface area contributed by atoms with Gasteiger partial charge in [0.25, 0.3) is 5.95 Å². The van der Waals surface area contributed by atoms with Crippen LogP contribution in [0.5, 0.6) is 0 Å². The molecule has 0 bridgehead atoms. The summed E-state index contributed by atoms with van der Waals surface area (Å²) >= 11 is 2.77. The van der Waals surface area contributed by atoms with E-state index in [0.29, 0.717) is 11.1 Å². The second-order valence-corrected chi connectivity index (χ2v) is 7.64. The molecular weight excluding hydrogens is 382 g/mol. The summed E-state index contributed by atoms with van der Waals surface area (Å²) in [6, 6.07) is 9.81. The van der Waals surface area contributed by atoms with Gasteiger partial charge in [-0.1, -0.05) is 30.0 Å². The van der Waals surface area contributed by atoms with E-state index in [2.05, 4.69) is 26.0 Å². The van der Waals surface area contributed by atoms with E-state index in [1.807, 2.05) is 49.6 Å². The van der Waals surface area contributed by atoms with Crippen LogP contribution in [0.4, 0.5) is 11.6 Å². The van der Waals surface area contributed by atoms with Crippen molar-refractivity contribution in [3.8, 4) is 0 Å². The Labute approximate surface area is 164 Å². The maximum absolute atomic E-state index is 12.2. The van der Waals surface area contributed by atoms with Crippen LogP contribution in [-0.2, 0) is 4.79 Å². The molecule has 0 unspecified atom stereocenters. The number of hydrogen-bond acceptors (Lipinski definition) is 8. The van der Waals surface area contributed by atoms with Crippen molar-refractivity contribution < 1.29 is 4.79 Å². The average molecular weight is 402 g/mol. The lowest BCUT2D eigenvalue weighted by atomic mass is 10.1. The van der Waals surface area contributed by atoms with Crippen LogP contribution >= 0.6 is 23.1 Å². The predicted molar refractivity (Wildman–Crippen MR) is 111 cm³/mol. The summed E-state index contributed by atoms with van der Waals surface area (Å²) in [5, 5.41) is 17.3. The first-order valence-corrected chi connectivity index (χ1v) is 9.92. The third kappa shape index (κ3) is 5.08. The van der Waals surface area contributed by atoms with Gasteiger partial charge in [0.1, 0.15) is 0 Å². The zero-order valence-electron chi connectivity index (χ0n) is 14.8. The van der Waals surface area contributed by atoms with E-state index in [9.17, 15) is 4.79 Å². The number of hydrogen-bond donors (Lipinski definition) is 3. The number of nitrogens with zero attached hydrogens (tertiary/aromatic N) is 4. The standard InChI is InChI=1S/C17H19N7OS2/c1-11-5-6-12(2)14(8-11)20-15(25)10-27-17-23-22-16(24(17)18)21-19-9-13-4-3-7-26-13/h3-9H,10,18H2,1-2H3,(H,20,25)(H,21,22)/b19-9+. The fourth-order valence-electron chi connectivity index (χ4n) is 2.16. The third-order valence-corrected chi connectivity index (χ3v) is 5.31. The van der Waals surface area contributed by atoms with E-state index in [1.54, 1.807) is 17.6 Å². The SMILES string of the molecule is Cc1ccc(C)c(NC(=O)CSc2nnc(N/N=C/c3cccs3)n2N)c1. The van der Waals surface area contributed by atoms with Gasteiger partial charge in [-0.25, -0.2) is 10.1 Å². The third-order valence-electron chi connectivity index (χ3n) is 3.56. The van der Waals surface area contributed by atoms with Crippen LogP contribution in [0, 0.1) is 13.8 Å². The molecule has 0 spiro atoms. The topological polar surface area (TPSA) is 110 Å². The molecule has 4 N–H and O–H groups in total. The first-order valence-electron chi connectivity index (χ1n) is 8.06. The van der Waals surface area contributed by atoms with Crippen molar-refractivity contribution in [3.05, 3.63) is 51.7 Å². The molecule has 0 atom stereocenters. The van der Waals surface area contributed by atoms with Crippen molar-refractivity contribution in [2.24, 2.45) is 5.10 Å². The zero-order chi connectivity index (χ0) is 19.2. The molecule has 0 aliphatic carbocycles. The van der Waals surface area contributed by atoms with Crippen LogP contribution in [0.15, 0.2) is 46.0 Å². The maximum Gasteiger partial charge on any atom is 0.264 e. The van der Waals surface area contributed by atoms with Crippen LogP contribution in [0.1, 0.15) is 16.0 Å². The molecular formula is C17H19N7OS2. The first kappa shape index (κ1) is 18.9. The van der Waals surface area contributed by atoms with E-state index in [0.717, 1.165) is 21.7 Å². The highest BCUT2D eigenvalue weighted by Gasteiger charge is 2.12. The van der Waals surface area contributed by atoms with Gasteiger partial charge >= 0.3 is 0 Å². The lowest BCUT2D eigenvalue weighted by Gasteiger charge is -2.09. The van der Waals surface area contributed by atoms with Gasteiger partial charge in [0, 0.05) is 10.6 Å². The Kier molecular flexibility index (Phi) is 6.09. The second-order valence-electron chi connectivity index (χ2n) is 5.72. The Hall–Kier alpha value is -2.85. The molecule has 1 aromatic carbocycles. The normalized spacial score (nSPS) is 11.0. The zero-order valence-corrected chi connectivity index (χ0v) is 16.5. The quantitative estimate of drug-likeness (QED) is 0.243. The lowest BCUT2D eigenvalue weighted by Crippen LogP contribution is -2.17. The molecule has 27 heavy (non-hydrogen) atoms. The van der Waals surface area contributed by atoms with Gasteiger partial charge in [-0.2, -0.15) is 5.10 Å². The van der Waals surface area contributed by atoms with Crippen molar-refractivity contribution >= 4 is 46.9 Å². The van der Waals surface area contributed by atoms with Crippen molar-refractivity contribution in [1.82, 2.24) is 14.9 Å². The Morgan fingerprint density at radius 1 is 1.37 bits per heavy atom. The number of nitrogen functional groups attached to an aromatic ring is 1. The van der Waals surface area contributed by atoms with Gasteiger partial charge < -0.3 is 11.2 Å². The number of thioether (sulfide) groups is 1. The summed E-state index contributed by atoms with van der Waals surface area (Å²) in [6.07, 6.45) is 1.67. The number of anilines is 2. The number of carbonyl (C=O) groups excluding carboxylic acids is 1. The lowest BCUT2D eigenvalue weighted by molar-refractivity contribution is -0.113. The molecule has 8 nitrogen and oxygen atoms in total. The van der Waals surface area contributed by atoms with Crippen molar-refractivity contribution in [1.29, 1.82) is 0 Å². The van der Waals surface area contributed by atoms with E-state index in [1.165, 1.54) is 16.4 Å². The second kappa shape index (κ2) is 8.69. The molecule has 0 aliphatic rings. The number of aromatic nitrogens is 3. The number of aryl methyl sites for hydroxylation is 2. The number of nitrogens with two attached hydrogens (primary N) is 1. The summed E-state index contributed by atoms with van der Waals surface area (Å²) in [5.41, 5.74) is 5.64. The molecule has 0 radical (unpaired) electrons. The molecule has 3 aromatic rings. The van der Waals surface area contributed by atoms with Crippen molar-refractivity contribution in [3.63, 3.8) is 0 Å². The molecule has 3 rings (SSSR count). The number of amides is 1. The number of hydrazone groups is 1. The largest absolute Gasteiger partial charge is 0.334 e. The Balaban J connectivity index is 1.54. The smallest absolute Gasteiger partial charge is 0.264 e. The van der Waals surface area contributed by atoms with E-state index >= 15 is 0 Å². The number of benzene rings is 1. The minimum Gasteiger partial charge on any atom is -0.334 e. The Bertz CT molecular complexity index is 950. The summed E-state index contributed by atoms with van der Waals surface area (Å²) in [6.45, 7) is 3.93. The number of thiophene rings is 1. The Morgan fingerprint density at radius 2 is 2.22 bits per heavy atom. The van der Waals surface area contributed by atoms with E-state index < -0.39 is 0 Å². The minimum absolute atomic E-state index is 0.137. The van der Waals surface area contributed by atoms with Gasteiger partial charge in [-0.3, -0.25) is 4.79 Å². The summed E-state index contributed by atoms with van der Waals surface area (Å²) in [5.74, 6) is 6.27. The van der Waals surface area contributed by atoms with Gasteiger partial charge in [0.05, 0.1) is 12.0 Å². The van der Waals surface area contributed by atoms with E-state index in [-0.39, 0.29) is 11.7 Å². The van der Waals surface area contributed by atoms with Crippen LogP contribution in [-0.4, -0.2) is 32.7 Å². The molecule has 10 heteroatoms. The van der Waals surface area contributed by atoms with Crippen molar-refractivity contribution in [2.75, 3.05) is 22.3 Å². The van der Waals surface area contributed by atoms with Crippen LogP contribution in [0.25, 0.3) is 0 Å². The monoisotopic (exact) mass is 401 g/mol. The average Bonchev–Trinajstić information content (AvgIpc) is 3.27.